The number of aromatic nitrogens is 1. The fourth-order valence-corrected chi connectivity index (χ4v) is 2.88. The standard InChI is InChI=1S/C12H19N3OS/c1-14(2)12(16)10-3-5-15(6-4-10)8-11-7-13-9-17-11/h7,9-10H,3-6,8H2,1-2H3. The van der Waals surface area contributed by atoms with E-state index in [1.165, 1.54) is 4.88 Å². The summed E-state index contributed by atoms with van der Waals surface area (Å²) in [5, 5.41) is 0. The van der Waals surface area contributed by atoms with Gasteiger partial charge in [-0.3, -0.25) is 14.7 Å². The summed E-state index contributed by atoms with van der Waals surface area (Å²) in [6.07, 6.45) is 3.90. The van der Waals surface area contributed by atoms with Crippen LogP contribution in [0.15, 0.2) is 11.7 Å². The molecule has 1 aliphatic heterocycles. The van der Waals surface area contributed by atoms with Crippen molar-refractivity contribution in [3.63, 3.8) is 0 Å². The molecule has 1 aromatic rings. The molecule has 0 bridgehead atoms. The lowest BCUT2D eigenvalue weighted by Gasteiger charge is -2.31. The Balaban J connectivity index is 1.80. The Morgan fingerprint density at radius 2 is 2.24 bits per heavy atom. The van der Waals surface area contributed by atoms with Crippen LogP contribution in [0.1, 0.15) is 17.7 Å². The molecule has 5 heteroatoms. The molecule has 2 heterocycles. The molecule has 0 unspecified atom stereocenters. The molecule has 2 rings (SSSR count). The van der Waals surface area contributed by atoms with Crippen LogP contribution in [0.25, 0.3) is 0 Å². The summed E-state index contributed by atoms with van der Waals surface area (Å²) in [6.45, 7) is 3.01. The van der Waals surface area contributed by atoms with E-state index in [1.807, 2.05) is 25.8 Å². The lowest BCUT2D eigenvalue weighted by molar-refractivity contribution is -0.134. The normalized spacial score (nSPS) is 18.2. The van der Waals surface area contributed by atoms with Crippen LogP contribution < -0.4 is 0 Å². The van der Waals surface area contributed by atoms with E-state index < -0.39 is 0 Å². The third-order valence-corrected chi connectivity index (χ3v) is 4.00. The van der Waals surface area contributed by atoms with Gasteiger partial charge in [-0.1, -0.05) is 0 Å². The topological polar surface area (TPSA) is 36.4 Å². The summed E-state index contributed by atoms with van der Waals surface area (Å²) in [4.78, 5) is 21.3. The van der Waals surface area contributed by atoms with Crippen LogP contribution in [0.5, 0.6) is 0 Å². The minimum Gasteiger partial charge on any atom is -0.349 e. The molecule has 4 nitrogen and oxygen atoms in total. The Bertz CT molecular complexity index is 356. The number of thiazole rings is 1. The number of piperidine rings is 1. The minimum absolute atomic E-state index is 0.225. The summed E-state index contributed by atoms with van der Waals surface area (Å²) >= 11 is 1.70. The van der Waals surface area contributed by atoms with Crippen LogP contribution in [0, 0.1) is 5.92 Å². The van der Waals surface area contributed by atoms with Crippen molar-refractivity contribution in [2.75, 3.05) is 27.2 Å². The van der Waals surface area contributed by atoms with Gasteiger partial charge in [0.2, 0.25) is 5.91 Å². The SMILES string of the molecule is CN(C)C(=O)C1CCN(Cc2cncs2)CC1. The number of hydrogen-bond acceptors (Lipinski definition) is 4. The molecule has 1 saturated heterocycles. The first kappa shape index (κ1) is 12.5. The van der Waals surface area contributed by atoms with Gasteiger partial charge in [0, 0.05) is 37.6 Å². The molecule has 1 aliphatic rings. The highest BCUT2D eigenvalue weighted by Gasteiger charge is 2.25. The van der Waals surface area contributed by atoms with E-state index in [4.69, 9.17) is 0 Å². The van der Waals surface area contributed by atoms with Crippen LogP contribution in [0.2, 0.25) is 0 Å². The molecule has 17 heavy (non-hydrogen) atoms. The molecule has 94 valence electrons. The van der Waals surface area contributed by atoms with E-state index in [9.17, 15) is 4.79 Å². The summed E-state index contributed by atoms with van der Waals surface area (Å²) in [5.74, 6) is 0.505. The molecule has 0 aromatic carbocycles. The predicted octanol–water partition coefficient (Wildman–Crippen LogP) is 1.44. The Morgan fingerprint density at radius 3 is 2.76 bits per heavy atom. The molecule has 0 radical (unpaired) electrons. The van der Waals surface area contributed by atoms with Gasteiger partial charge in [0.15, 0.2) is 0 Å². The largest absolute Gasteiger partial charge is 0.349 e. The molecule has 0 N–H and O–H groups in total. The number of carbonyl (C=O) groups excluding carboxylic acids is 1. The molecule has 0 saturated carbocycles. The average Bonchev–Trinajstić information content (AvgIpc) is 2.82. The van der Waals surface area contributed by atoms with Crippen molar-refractivity contribution in [1.82, 2.24) is 14.8 Å². The van der Waals surface area contributed by atoms with Crippen LogP contribution >= 0.6 is 11.3 Å². The number of carbonyl (C=O) groups is 1. The van der Waals surface area contributed by atoms with E-state index in [0.717, 1.165) is 32.5 Å². The van der Waals surface area contributed by atoms with Gasteiger partial charge in [0.1, 0.15) is 0 Å². The Morgan fingerprint density at radius 1 is 1.53 bits per heavy atom. The lowest BCUT2D eigenvalue weighted by atomic mass is 9.95. The van der Waals surface area contributed by atoms with Gasteiger partial charge in [-0.25, -0.2) is 0 Å². The molecule has 0 aliphatic carbocycles. The number of likely N-dealkylation sites (tertiary alicyclic amines) is 1. The van der Waals surface area contributed by atoms with Crippen molar-refractivity contribution >= 4 is 17.2 Å². The second-order valence-corrected chi connectivity index (χ2v) is 5.72. The molecule has 1 amide bonds. The van der Waals surface area contributed by atoms with Crippen molar-refractivity contribution in [1.29, 1.82) is 0 Å². The maximum Gasteiger partial charge on any atom is 0.225 e. The molecule has 0 atom stereocenters. The third-order valence-electron chi connectivity index (χ3n) is 3.24. The van der Waals surface area contributed by atoms with Gasteiger partial charge >= 0.3 is 0 Å². The Labute approximate surface area is 106 Å². The zero-order valence-corrected chi connectivity index (χ0v) is 11.2. The van der Waals surface area contributed by atoms with Crippen molar-refractivity contribution in [2.45, 2.75) is 19.4 Å². The van der Waals surface area contributed by atoms with Crippen molar-refractivity contribution in [2.24, 2.45) is 5.92 Å². The monoisotopic (exact) mass is 253 g/mol. The van der Waals surface area contributed by atoms with Crippen molar-refractivity contribution in [3.05, 3.63) is 16.6 Å². The number of nitrogens with zero attached hydrogens (tertiary/aromatic N) is 3. The van der Waals surface area contributed by atoms with E-state index >= 15 is 0 Å². The highest BCUT2D eigenvalue weighted by molar-refractivity contribution is 7.09. The molecule has 1 aromatic heterocycles. The lowest BCUT2D eigenvalue weighted by Crippen LogP contribution is -2.39. The fourth-order valence-electron chi connectivity index (χ4n) is 2.24. The maximum absolute atomic E-state index is 11.8. The van der Waals surface area contributed by atoms with Crippen LogP contribution in [0.4, 0.5) is 0 Å². The van der Waals surface area contributed by atoms with E-state index in [0.29, 0.717) is 0 Å². The average molecular weight is 253 g/mol. The van der Waals surface area contributed by atoms with Gasteiger partial charge in [0.25, 0.3) is 0 Å². The van der Waals surface area contributed by atoms with E-state index in [-0.39, 0.29) is 11.8 Å². The Hall–Kier alpha value is -0.940. The van der Waals surface area contributed by atoms with Crippen LogP contribution in [-0.2, 0) is 11.3 Å². The second kappa shape index (κ2) is 5.60. The van der Waals surface area contributed by atoms with Gasteiger partial charge < -0.3 is 4.90 Å². The highest BCUT2D eigenvalue weighted by Crippen LogP contribution is 2.21. The highest BCUT2D eigenvalue weighted by atomic mass is 32.1. The van der Waals surface area contributed by atoms with Crippen LogP contribution in [-0.4, -0.2) is 47.9 Å². The van der Waals surface area contributed by atoms with Gasteiger partial charge in [0.05, 0.1) is 5.51 Å². The first-order chi connectivity index (χ1) is 8.16. The predicted molar refractivity (Wildman–Crippen MR) is 68.8 cm³/mol. The van der Waals surface area contributed by atoms with E-state index in [1.54, 1.807) is 16.2 Å². The van der Waals surface area contributed by atoms with Gasteiger partial charge in [-0.05, 0) is 25.9 Å². The minimum atomic E-state index is 0.225. The smallest absolute Gasteiger partial charge is 0.225 e. The van der Waals surface area contributed by atoms with Crippen molar-refractivity contribution < 1.29 is 4.79 Å². The summed E-state index contributed by atoms with van der Waals surface area (Å²) in [5.41, 5.74) is 1.87. The maximum atomic E-state index is 11.8. The summed E-state index contributed by atoms with van der Waals surface area (Å²) in [6, 6.07) is 0. The molecule has 0 spiro atoms. The number of rotatable bonds is 3. The Kier molecular flexibility index (Phi) is 4.12. The van der Waals surface area contributed by atoms with Gasteiger partial charge in [-0.15, -0.1) is 11.3 Å². The van der Waals surface area contributed by atoms with E-state index in [2.05, 4.69) is 9.88 Å². The second-order valence-electron chi connectivity index (χ2n) is 4.75. The summed E-state index contributed by atoms with van der Waals surface area (Å²) in [7, 11) is 3.68. The molecule has 1 fully saturated rings. The van der Waals surface area contributed by atoms with Crippen LogP contribution in [0.3, 0.4) is 0 Å². The number of amides is 1. The zero-order valence-electron chi connectivity index (χ0n) is 10.4. The third kappa shape index (κ3) is 3.26. The summed E-state index contributed by atoms with van der Waals surface area (Å²) < 4.78 is 0. The van der Waals surface area contributed by atoms with Crippen molar-refractivity contribution in [3.8, 4) is 0 Å². The quantitative estimate of drug-likeness (QED) is 0.818. The molecular weight excluding hydrogens is 234 g/mol. The van der Waals surface area contributed by atoms with Gasteiger partial charge in [-0.2, -0.15) is 0 Å². The first-order valence-electron chi connectivity index (χ1n) is 5.97. The zero-order chi connectivity index (χ0) is 12.3. The molecular formula is C12H19N3OS. The fraction of sp³-hybridized carbons (Fsp3) is 0.667. The number of hydrogen-bond donors (Lipinski definition) is 0. The first-order valence-corrected chi connectivity index (χ1v) is 6.85.